The highest BCUT2D eigenvalue weighted by Gasteiger charge is 2.17. The normalized spacial score (nSPS) is 16.8. The molecule has 1 amide bonds. The molecule has 6 nitrogen and oxygen atoms in total. The van der Waals surface area contributed by atoms with E-state index >= 15 is 0 Å². The summed E-state index contributed by atoms with van der Waals surface area (Å²) in [7, 11) is 0. The predicted octanol–water partition coefficient (Wildman–Crippen LogP) is 3.25. The Bertz CT molecular complexity index is 710. The first kappa shape index (κ1) is 17.4. The Labute approximate surface area is 148 Å². The van der Waals surface area contributed by atoms with Crippen LogP contribution >= 0.6 is 0 Å². The molecule has 1 aliphatic rings. The van der Waals surface area contributed by atoms with Crippen LogP contribution in [0.15, 0.2) is 36.7 Å². The molecular weight excluding hydrogens is 316 g/mol. The lowest BCUT2D eigenvalue weighted by molar-refractivity contribution is 0.0857. The summed E-state index contributed by atoms with van der Waals surface area (Å²) >= 11 is 0. The van der Waals surface area contributed by atoms with Gasteiger partial charge in [-0.2, -0.15) is 0 Å². The minimum absolute atomic E-state index is 0.123. The van der Waals surface area contributed by atoms with E-state index < -0.39 is 0 Å². The molecule has 2 aromatic rings. The Hall–Kier alpha value is -2.47. The first-order valence-electron chi connectivity index (χ1n) is 8.71. The van der Waals surface area contributed by atoms with Gasteiger partial charge >= 0.3 is 0 Å². The van der Waals surface area contributed by atoms with Crippen molar-refractivity contribution in [2.45, 2.75) is 38.7 Å². The molecule has 0 radical (unpaired) electrons. The second-order valence-corrected chi connectivity index (χ2v) is 6.51. The van der Waals surface area contributed by atoms with Gasteiger partial charge in [-0.3, -0.25) is 4.79 Å². The first-order valence-corrected chi connectivity index (χ1v) is 8.71. The summed E-state index contributed by atoms with van der Waals surface area (Å²) in [6, 6.07) is 8.07. The number of aromatic nitrogens is 2. The average molecular weight is 340 g/mol. The third-order valence-electron chi connectivity index (χ3n) is 4.26. The average Bonchev–Trinajstić information content (AvgIpc) is 3.14. The van der Waals surface area contributed by atoms with E-state index in [1.807, 2.05) is 18.2 Å². The summed E-state index contributed by atoms with van der Waals surface area (Å²) in [6.45, 7) is 5.59. The topological polar surface area (TPSA) is 76.1 Å². The number of nitrogens with one attached hydrogen (secondary N) is 2. The maximum Gasteiger partial charge on any atom is 0.254 e. The van der Waals surface area contributed by atoms with E-state index in [4.69, 9.17) is 4.74 Å². The second kappa shape index (κ2) is 8.07. The standard InChI is InChI=1S/C19H24N4O2/c1-13(2)16-7-3-4-8-17(16)23-19-21-10-14(11-22-19)18(24)20-12-15-6-5-9-25-15/h3-4,7-8,10-11,13,15H,5-6,9,12H2,1-2H3,(H,20,24)(H,21,22,23). The fraction of sp³-hybridized carbons (Fsp3) is 0.421. The number of carbonyl (C=O) groups excluding carboxylic acids is 1. The van der Waals surface area contributed by atoms with Gasteiger partial charge < -0.3 is 15.4 Å². The smallest absolute Gasteiger partial charge is 0.254 e. The zero-order valence-corrected chi connectivity index (χ0v) is 14.7. The van der Waals surface area contributed by atoms with E-state index in [0.29, 0.717) is 24.0 Å². The van der Waals surface area contributed by atoms with Crippen LogP contribution in [-0.4, -0.2) is 35.1 Å². The van der Waals surface area contributed by atoms with E-state index in [1.165, 1.54) is 18.0 Å². The van der Waals surface area contributed by atoms with Gasteiger partial charge in [0.25, 0.3) is 5.91 Å². The maximum absolute atomic E-state index is 12.1. The van der Waals surface area contributed by atoms with E-state index in [0.717, 1.165) is 25.1 Å². The molecule has 1 fully saturated rings. The summed E-state index contributed by atoms with van der Waals surface area (Å²) in [5.41, 5.74) is 2.62. The highest BCUT2D eigenvalue weighted by Crippen LogP contribution is 2.25. The number of benzene rings is 1. The van der Waals surface area contributed by atoms with Crippen LogP contribution in [0.5, 0.6) is 0 Å². The SMILES string of the molecule is CC(C)c1ccccc1Nc1ncc(C(=O)NCC2CCCO2)cn1. The van der Waals surface area contributed by atoms with Gasteiger partial charge in [-0.25, -0.2) is 9.97 Å². The van der Waals surface area contributed by atoms with Crippen LogP contribution in [0.25, 0.3) is 0 Å². The first-order chi connectivity index (χ1) is 12.1. The minimum atomic E-state index is -0.176. The molecule has 0 saturated carbocycles. The fourth-order valence-corrected chi connectivity index (χ4v) is 2.86. The van der Waals surface area contributed by atoms with Gasteiger partial charge in [0.05, 0.1) is 11.7 Å². The van der Waals surface area contributed by atoms with Crippen LogP contribution < -0.4 is 10.6 Å². The summed E-state index contributed by atoms with van der Waals surface area (Å²) in [6.07, 6.45) is 5.26. The molecule has 0 aliphatic carbocycles. The number of ether oxygens (including phenoxy) is 1. The van der Waals surface area contributed by atoms with E-state index in [-0.39, 0.29) is 12.0 Å². The van der Waals surface area contributed by atoms with Crippen molar-refractivity contribution in [3.63, 3.8) is 0 Å². The van der Waals surface area contributed by atoms with Crippen molar-refractivity contribution >= 4 is 17.5 Å². The van der Waals surface area contributed by atoms with Crippen LogP contribution in [0.1, 0.15) is 48.5 Å². The van der Waals surface area contributed by atoms with Crippen molar-refractivity contribution in [3.05, 3.63) is 47.8 Å². The molecule has 2 heterocycles. The largest absolute Gasteiger partial charge is 0.376 e. The minimum Gasteiger partial charge on any atom is -0.376 e. The lowest BCUT2D eigenvalue weighted by atomic mass is 10.0. The van der Waals surface area contributed by atoms with Gasteiger partial charge in [-0.15, -0.1) is 0 Å². The monoisotopic (exact) mass is 340 g/mol. The Morgan fingerprint density at radius 1 is 1.28 bits per heavy atom. The van der Waals surface area contributed by atoms with Crippen molar-refractivity contribution in [1.29, 1.82) is 0 Å². The van der Waals surface area contributed by atoms with Crippen LogP contribution in [0, 0.1) is 0 Å². The van der Waals surface area contributed by atoms with Gasteiger partial charge in [-0.05, 0) is 30.4 Å². The molecule has 1 aliphatic heterocycles. The summed E-state index contributed by atoms with van der Waals surface area (Å²) in [5.74, 6) is 0.694. The van der Waals surface area contributed by atoms with Gasteiger partial charge in [-0.1, -0.05) is 32.0 Å². The summed E-state index contributed by atoms with van der Waals surface area (Å²) in [4.78, 5) is 20.7. The maximum atomic E-state index is 12.1. The number of carbonyl (C=O) groups is 1. The molecule has 6 heteroatoms. The number of hydrogen-bond donors (Lipinski definition) is 2. The molecule has 3 rings (SSSR count). The van der Waals surface area contributed by atoms with Gasteiger partial charge in [0.2, 0.25) is 5.95 Å². The van der Waals surface area contributed by atoms with Crippen molar-refractivity contribution < 1.29 is 9.53 Å². The van der Waals surface area contributed by atoms with Crippen LogP contribution in [0.2, 0.25) is 0 Å². The number of amides is 1. The second-order valence-electron chi connectivity index (χ2n) is 6.51. The molecule has 1 unspecified atom stereocenters. The molecule has 1 saturated heterocycles. The number of para-hydroxylation sites is 1. The van der Waals surface area contributed by atoms with Crippen LogP contribution in [0.4, 0.5) is 11.6 Å². The summed E-state index contributed by atoms with van der Waals surface area (Å²) < 4.78 is 5.50. The number of nitrogens with zero attached hydrogens (tertiary/aromatic N) is 2. The number of rotatable bonds is 6. The van der Waals surface area contributed by atoms with Crippen LogP contribution in [-0.2, 0) is 4.74 Å². The molecule has 25 heavy (non-hydrogen) atoms. The zero-order chi connectivity index (χ0) is 17.6. The van der Waals surface area contributed by atoms with Crippen molar-refractivity contribution in [1.82, 2.24) is 15.3 Å². The molecule has 1 atom stereocenters. The third-order valence-corrected chi connectivity index (χ3v) is 4.26. The molecule has 132 valence electrons. The van der Waals surface area contributed by atoms with Gasteiger partial charge in [0.15, 0.2) is 0 Å². The Balaban J connectivity index is 1.61. The highest BCUT2D eigenvalue weighted by molar-refractivity contribution is 5.93. The van der Waals surface area contributed by atoms with E-state index in [2.05, 4.69) is 40.5 Å². The molecule has 0 spiro atoms. The molecule has 1 aromatic carbocycles. The van der Waals surface area contributed by atoms with Crippen molar-refractivity contribution in [2.24, 2.45) is 0 Å². The van der Waals surface area contributed by atoms with Crippen LogP contribution in [0.3, 0.4) is 0 Å². The zero-order valence-electron chi connectivity index (χ0n) is 14.7. The molecule has 2 N–H and O–H groups in total. The van der Waals surface area contributed by atoms with Crippen molar-refractivity contribution in [3.8, 4) is 0 Å². The lowest BCUT2D eigenvalue weighted by Gasteiger charge is -2.13. The third kappa shape index (κ3) is 4.54. The summed E-state index contributed by atoms with van der Waals surface area (Å²) in [5, 5.41) is 6.09. The number of anilines is 2. The highest BCUT2D eigenvalue weighted by atomic mass is 16.5. The lowest BCUT2D eigenvalue weighted by Crippen LogP contribution is -2.31. The predicted molar refractivity (Wildman–Crippen MR) is 97.2 cm³/mol. The van der Waals surface area contributed by atoms with Gasteiger partial charge in [0, 0.05) is 31.2 Å². The Morgan fingerprint density at radius 2 is 2.04 bits per heavy atom. The molecule has 0 bridgehead atoms. The number of hydrogen-bond acceptors (Lipinski definition) is 5. The van der Waals surface area contributed by atoms with E-state index in [1.54, 1.807) is 0 Å². The Kier molecular flexibility index (Phi) is 5.60. The Morgan fingerprint density at radius 3 is 2.72 bits per heavy atom. The fourth-order valence-electron chi connectivity index (χ4n) is 2.86. The molecular formula is C19H24N4O2. The van der Waals surface area contributed by atoms with Crippen molar-refractivity contribution in [2.75, 3.05) is 18.5 Å². The van der Waals surface area contributed by atoms with E-state index in [9.17, 15) is 4.79 Å². The quantitative estimate of drug-likeness (QED) is 0.844. The molecule has 1 aromatic heterocycles. The van der Waals surface area contributed by atoms with Gasteiger partial charge in [0.1, 0.15) is 0 Å².